The highest BCUT2D eigenvalue weighted by atomic mass is 19.1. The molecule has 0 bridgehead atoms. The van der Waals surface area contributed by atoms with Crippen LogP contribution in [-0.2, 0) is 0 Å². The van der Waals surface area contributed by atoms with Crippen molar-refractivity contribution in [2.24, 2.45) is 5.92 Å². The molecule has 0 aromatic heterocycles. The van der Waals surface area contributed by atoms with Gasteiger partial charge in [0.25, 0.3) is 0 Å². The first-order valence-corrected chi connectivity index (χ1v) is 7.22. The normalized spacial score (nSPS) is 24.6. The van der Waals surface area contributed by atoms with E-state index in [2.05, 4.69) is 12.2 Å². The lowest BCUT2D eigenvalue weighted by Crippen LogP contribution is -2.19. The minimum atomic E-state index is -0.0891. The highest BCUT2D eigenvalue weighted by molar-refractivity contribution is 5.48. The van der Waals surface area contributed by atoms with Gasteiger partial charge in [-0.25, -0.2) is 4.39 Å². The van der Waals surface area contributed by atoms with Gasteiger partial charge < -0.3 is 5.32 Å². The minimum absolute atomic E-state index is 0.0891. The Morgan fingerprint density at radius 1 is 1.22 bits per heavy atom. The predicted molar refractivity (Wildman–Crippen MR) is 75.4 cm³/mol. The van der Waals surface area contributed by atoms with E-state index in [9.17, 15) is 4.39 Å². The molecule has 0 amide bonds. The Kier molecular flexibility index (Phi) is 4.62. The van der Waals surface area contributed by atoms with Crippen LogP contribution in [0.15, 0.2) is 18.2 Å². The fourth-order valence-electron chi connectivity index (χ4n) is 2.91. The van der Waals surface area contributed by atoms with E-state index >= 15 is 0 Å². The number of hydrogen-bond donors (Lipinski definition) is 1. The predicted octanol–water partition coefficient (Wildman–Crippen LogP) is 4.90. The highest BCUT2D eigenvalue weighted by Crippen LogP contribution is 2.28. The molecule has 0 saturated heterocycles. The summed E-state index contributed by atoms with van der Waals surface area (Å²) < 4.78 is 13.9. The van der Waals surface area contributed by atoms with Crippen molar-refractivity contribution in [2.45, 2.75) is 58.4 Å². The molecule has 2 rings (SSSR count). The van der Waals surface area contributed by atoms with Crippen molar-refractivity contribution in [1.82, 2.24) is 0 Å². The van der Waals surface area contributed by atoms with Gasteiger partial charge >= 0.3 is 0 Å². The molecule has 100 valence electrons. The molecule has 1 aromatic carbocycles. The van der Waals surface area contributed by atoms with Crippen LogP contribution in [-0.4, -0.2) is 6.04 Å². The van der Waals surface area contributed by atoms with Gasteiger partial charge in [-0.1, -0.05) is 38.3 Å². The van der Waals surface area contributed by atoms with E-state index in [4.69, 9.17) is 0 Å². The fourth-order valence-corrected chi connectivity index (χ4v) is 2.91. The number of rotatable bonds is 3. The molecule has 0 aliphatic heterocycles. The first kappa shape index (κ1) is 13.4. The zero-order chi connectivity index (χ0) is 13.0. The number of hydrogen-bond acceptors (Lipinski definition) is 1. The van der Waals surface area contributed by atoms with Crippen LogP contribution in [0.4, 0.5) is 10.1 Å². The lowest BCUT2D eigenvalue weighted by atomic mass is 9.98. The molecule has 2 heteroatoms. The SMILES string of the molecule is CCC1CCCC(Nc2cccc(C)c2F)CC1. The fraction of sp³-hybridized carbons (Fsp3) is 0.625. The van der Waals surface area contributed by atoms with Crippen molar-refractivity contribution in [3.05, 3.63) is 29.6 Å². The smallest absolute Gasteiger partial charge is 0.149 e. The van der Waals surface area contributed by atoms with E-state index in [0.29, 0.717) is 11.7 Å². The second kappa shape index (κ2) is 6.21. The largest absolute Gasteiger partial charge is 0.380 e. The Bertz CT molecular complexity index is 389. The van der Waals surface area contributed by atoms with Crippen molar-refractivity contribution in [3.8, 4) is 0 Å². The third-order valence-electron chi connectivity index (χ3n) is 4.22. The number of anilines is 1. The van der Waals surface area contributed by atoms with Crippen LogP contribution in [0, 0.1) is 18.7 Å². The Balaban J connectivity index is 1.99. The molecule has 2 unspecified atom stereocenters. The van der Waals surface area contributed by atoms with E-state index in [1.807, 2.05) is 25.1 Å². The van der Waals surface area contributed by atoms with E-state index < -0.39 is 0 Å². The molecule has 2 atom stereocenters. The van der Waals surface area contributed by atoms with Gasteiger partial charge in [0.05, 0.1) is 5.69 Å². The molecule has 1 aliphatic carbocycles. The standard InChI is InChI=1S/C16H24FN/c1-3-13-7-5-8-14(11-10-13)18-15-9-4-6-12(2)16(15)17/h4,6,9,13-14,18H,3,5,7-8,10-11H2,1-2H3. The summed E-state index contributed by atoms with van der Waals surface area (Å²) in [6.45, 7) is 4.10. The van der Waals surface area contributed by atoms with Gasteiger partial charge in [0.1, 0.15) is 5.82 Å². The molecule has 1 aromatic rings. The molecule has 0 radical (unpaired) electrons. The van der Waals surface area contributed by atoms with Crippen LogP contribution < -0.4 is 5.32 Å². The maximum absolute atomic E-state index is 13.9. The Hall–Kier alpha value is -1.05. The second-order valence-electron chi connectivity index (χ2n) is 5.56. The van der Waals surface area contributed by atoms with Crippen molar-refractivity contribution in [1.29, 1.82) is 0 Å². The molecule has 1 saturated carbocycles. The lowest BCUT2D eigenvalue weighted by Gasteiger charge is -2.19. The topological polar surface area (TPSA) is 12.0 Å². The van der Waals surface area contributed by atoms with Crippen molar-refractivity contribution >= 4 is 5.69 Å². The number of halogens is 1. The Morgan fingerprint density at radius 3 is 2.83 bits per heavy atom. The first-order chi connectivity index (χ1) is 8.70. The van der Waals surface area contributed by atoms with E-state index in [-0.39, 0.29) is 5.82 Å². The zero-order valence-electron chi connectivity index (χ0n) is 11.5. The third kappa shape index (κ3) is 3.24. The van der Waals surface area contributed by atoms with Crippen LogP contribution >= 0.6 is 0 Å². The molecule has 18 heavy (non-hydrogen) atoms. The van der Waals surface area contributed by atoms with Gasteiger partial charge in [-0.15, -0.1) is 0 Å². The molecule has 0 spiro atoms. The van der Waals surface area contributed by atoms with Gasteiger partial charge in [0.15, 0.2) is 0 Å². The summed E-state index contributed by atoms with van der Waals surface area (Å²) in [4.78, 5) is 0. The maximum Gasteiger partial charge on any atom is 0.149 e. The van der Waals surface area contributed by atoms with Crippen LogP contribution in [0.1, 0.15) is 51.0 Å². The van der Waals surface area contributed by atoms with Crippen LogP contribution in [0.5, 0.6) is 0 Å². The summed E-state index contributed by atoms with van der Waals surface area (Å²) in [6.07, 6.45) is 7.51. The summed E-state index contributed by atoms with van der Waals surface area (Å²) >= 11 is 0. The summed E-state index contributed by atoms with van der Waals surface area (Å²) in [6, 6.07) is 6.04. The van der Waals surface area contributed by atoms with Crippen molar-refractivity contribution in [2.75, 3.05) is 5.32 Å². The first-order valence-electron chi connectivity index (χ1n) is 7.22. The molecule has 1 nitrogen and oxygen atoms in total. The quantitative estimate of drug-likeness (QED) is 0.751. The number of nitrogens with one attached hydrogen (secondary N) is 1. The van der Waals surface area contributed by atoms with Gasteiger partial charge in [-0.2, -0.15) is 0 Å². The van der Waals surface area contributed by atoms with E-state index in [0.717, 1.165) is 11.5 Å². The minimum Gasteiger partial charge on any atom is -0.380 e. The van der Waals surface area contributed by atoms with E-state index in [1.165, 1.54) is 38.5 Å². The van der Waals surface area contributed by atoms with E-state index in [1.54, 1.807) is 0 Å². The van der Waals surface area contributed by atoms with Crippen molar-refractivity contribution < 1.29 is 4.39 Å². The summed E-state index contributed by atoms with van der Waals surface area (Å²) in [5, 5.41) is 3.40. The average Bonchev–Trinajstić information content (AvgIpc) is 2.60. The highest BCUT2D eigenvalue weighted by Gasteiger charge is 2.18. The summed E-state index contributed by atoms with van der Waals surface area (Å²) in [7, 11) is 0. The zero-order valence-corrected chi connectivity index (χ0v) is 11.5. The summed E-state index contributed by atoms with van der Waals surface area (Å²) in [5.74, 6) is 0.785. The van der Waals surface area contributed by atoms with Gasteiger partial charge in [0.2, 0.25) is 0 Å². The van der Waals surface area contributed by atoms with Gasteiger partial charge in [-0.05, 0) is 43.7 Å². The molecule has 1 N–H and O–H groups in total. The summed E-state index contributed by atoms with van der Waals surface area (Å²) in [5.41, 5.74) is 1.40. The van der Waals surface area contributed by atoms with Crippen molar-refractivity contribution in [3.63, 3.8) is 0 Å². The van der Waals surface area contributed by atoms with Crippen LogP contribution in [0.25, 0.3) is 0 Å². The maximum atomic E-state index is 13.9. The molecular formula is C16H24FN. The van der Waals surface area contributed by atoms with Crippen LogP contribution in [0.3, 0.4) is 0 Å². The number of benzene rings is 1. The van der Waals surface area contributed by atoms with Gasteiger partial charge in [-0.3, -0.25) is 0 Å². The number of aryl methyl sites for hydroxylation is 1. The second-order valence-corrected chi connectivity index (χ2v) is 5.56. The lowest BCUT2D eigenvalue weighted by molar-refractivity contribution is 0.444. The van der Waals surface area contributed by atoms with Crippen LogP contribution in [0.2, 0.25) is 0 Å². The molecule has 1 aliphatic rings. The molecular weight excluding hydrogens is 225 g/mol. The Labute approximate surface area is 110 Å². The average molecular weight is 249 g/mol. The molecule has 1 fully saturated rings. The monoisotopic (exact) mass is 249 g/mol. The van der Waals surface area contributed by atoms with Gasteiger partial charge in [0, 0.05) is 6.04 Å². The Morgan fingerprint density at radius 2 is 2.06 bits per heavy atom. The third-order valence-corrected chi connectivity index (χ3v) is 4.22. The molecule has 0 heterocycles.